The number of aryl methyl sites for hydroxylation is 2. The fourth-order valence-electron chi connectivity index (χ4n) is 3.00. The Labute approximate surface area is 114 Å². The highest BCUT2D eigenvalue weighted by atomic mass is 15.2. The van der Waals surface area contributed by atoms with Gasteiger partial charge < -0.3 is 9.88 Å². The summed E-state index contributed by atoms with van der Waals surface area (Å²) in [7, 11) is 0. The Kier molecular flexibility index (Phi) is 3.28. The molecule has 1 heterocycles. The predicted octanol–water partition coefficient (Wildman–Crippen LogP) is 3.35. The maximum Gasteiger partial charge on any atom is 0.203 e. The van der Waals surface area contributed by atoms with Crippen LogP contribution in [0, 0.1) is 6.92 Å². The van der Waals surface area contributed by atoms with Gasteiger partial charge in [-0.3, -0.25) is 0 Å². The first-order chi connectivity index (χ1) is 9.28. The summed E-state index contributed by atoms with van der Waals surface area (Å²) in [6.07, 6.45) is 5.66. The highest BCUT2D eigenvalue weighted by Crippen LogP contribution is 2.31. The molecule has 0 saturated carbocycles. The van der Waals surface area contributed by atoms with Gasteiger partial charge in [-0.15, -0.1) is 0 Å². The summed E-state index contributed by atoms with van der Waals surface area (Å²) < 4.78 is 2.33. The van der Waals surface area contributed by atoms with Gasteiger partial charge >= 0.3 is 0 Å². The van der Waals surface area contributed by atoms with Gasteiger partial charge in [0.25, 0.3) is 0 Å². The third-order valence-electron chi connectivity index (χ3n) is 3.90. The number of benzene rings is 1. The van der Waals surface area contributed by atoms with Crippen molar-refractivity contribution in [1.82, 2.24) is 9.55 Å². The van der Waals surface area contributed by atoms with Crippen molar-refractivity contribution in [3.63, 3.8) is 0 Å². The minimum absolute atomic E-state index is 0.533. The van der Waals surface area contributed by atoms with Crippen molar-refractivity contribution in [2.75, 3.05) is 11.9 Å². The normalized spacial score (nSPS) is 18.1. The average molecular weight is 255 g/mol. The molecule has 1 aromatic heterocycles. The molecule has 0 radical (unpaired) electrons. The molecule has 2 aromatic rings. The zero-order valence-corrected chi connectivity index (χ0v) is 11.7. The summed E-state index contributed by atoms with van der Waals surface area (Å²) in [5.74, 6) is 1.02. The highest BCUT2D eigenvalue weighted by molar-refractivity contribution is 5.33. The van der Waals surface area contributed by atoms with Crippen molar-refractivity contribution in [2.45, 2.75) is 39.2 Å². The summed E-state index contributed by atoms with van der Waals surface area (Å²) in [5.41, 5.74) is 4.10. The Morgan fingerprint density at radius 2 is 2.11 bits per heavy atom. The van der Waals surface area contributed by atoms with Crippen LogP contribution in [0.5, 0.6) is 0 Å². The number of anilines is 1. The molecule has 1 aliphatic rings. The second-order valence-electron chi connectivity index (χ2n) is 5.31. The van der Waals surface area contributed by atoms with Gasteiger partial charge in [0, 0.05) is 18.8 Å². The van der Waals surface area contributed by atoms with Gasteiger partial charge in [0.2, 0.25) is 5.95 Å². The number of hydrogen-bond donors (Lipinski definition) is 1. The minimum atomic E-state index is 0.533. The van der Waals surface area contributed by atoms with Gasteiger partial charge in [0.15, 0.2) is 0 Å². The van der Waals surface area contributed by atoms with Gasteiger partial charge in [-0.1, -0.05) is 24.3 Å². The molecule has 3 rings (SSSR count). The van der Waals surface area contributed by atoms with Crippen LogP contribution in [0.4, 0.5) is 5.95 Å². The lowest BCUT2D eigenvalue weighted by atomic mass is 9.88. The fraction of sp³-hybridized carbons (Fsp3) is 0.438. The molecular weight excluding hydrogens is 234 g/mol. The number of aromatic nitrogens is 2. The highest BCUT2D eigenvalue weighted by Gasteiger charge is 2.21. The molecule has 1 unspecified atom stereocenters. The van der Waals surface area contributed by atoms with Crippen LogP contribution in [-0.2, 0) is 12.8 Å². The molecule has 0 amide bonds. The van der Waals surface area contributed by atoms with E-state index in [4.69, 9.17) is 0 Å². The van der Waals surface area contributed by atoms with Gasteiger partial charge in [0.1, 0.15) is 0 Å². The molecule has 0 saturated heterocycles. The molecule has 3 nitrogen and oxygen atoms in total. The second kappa shape index (κ2) is 5.08. The molecule has 1 aromatic carbocycles. The number of rotatable bonds is 3. The molecule has 100 valence electrons. The number of imidazole rings is 1. The SMILES string of the molecule is CCNc1nc(C)cn1C1CCc2ccccc2C1. The Bertz CT molecular complexity index is 571. The van der Waals surface area contributed by atoms with Gasteiger partial charge in [-0.05, 0) is 44.2 Å². The molecule has 1 aliphatic carbocycles. The second-order valence-corrected chi connectivity index (χ2v) is 5.31. The Hall–Kier alpha value is -1.77. The van der Waals surface area contributed by atoms with E-state index >= 15 is 0 Å². The molecule has 0 fully saturated rings. The van der Waals surface area contributed by atoms with E-state index < -0.39 is 0 Å². The summed E-state index contributed by atoms with van der Waals surface area (Å²) >= 11 is 0. The molecule has 0 aliphatic heterocycles. The fourth-order valence-corrected chi connectivity index (χ4v) is 3.00. The van der Waals surface area contributed by atoms with Crippen LogP contribution in [0.15, 0.2) is 30.5 Å². The van der Waals surface area contributed by atoms with Crippen molar-refractivity contribution in [3.8, 4) is 0 Å². The lowest BCUT2D eigenvalue weighted by Gasteiger charge is -2.27. The van der Waals surface area contributed by atoms with Crippen LogP contribution < -0.4 is 5.32 Å². The van der Waals surface area contributed by atoms with Crippen molar-refractivity contribution < 1.29 is 0 Å². The van der Waals surface area contributed by atoms with Crippen molar-refractivity contribution in [3.05, 3.63) is 47.3 Å². The number of fused-ring (bicyclic) bond motifs is 1. The van der Waals surface area contributed by atoms with E-state index in [1.165, 1.54) is 24.0 Å². The smallest absolute Gasteiger partial charge is 0.203 e. The van der Waals surface area contributed by atoms with E-state index in [2.05, 4.69) is 59.2 Å². The lowest BCUT2D eigenvalue weighted by molar-refractivity contribution is 0.446. The topological polar surface area (TPSA) is 29.9 Å². The van der Waals surface area contributed by atoms with Crippen LogP contribution in [0.2, 0.25) is 0 Å². The molecule has 0 bridgehead atoms. The third kappa shape index (κ3) is 2.37. The monoisotopic (exact) mass is 255 g/mol. The lowest BCUT2D eigenvalue weighted by Crippen LogP contribution is -2.20. The number of nitrogens with one attached hydrogen (secondary N) is 1. The van der Waals surface area contributed by atoms with E-state index in [1.807, 2.05) is 0 Å². The largest absolute Gasteiger partial charge is 0.356 e. The van der Waals surface area contributed by atoms with E-state index in [1.54, 1.807) is 0 Å². The molecule has 3 heteroatoms. The first-order valence-corrected chi connectivity index (χ1v) is 7.14. The molecular formula is C16H21N3. The number of hydrogen-bond acceptors (Lipinski definition) is 2. The predicted molar refractivity (Wildman–Crippen MR) is 78.6 cm³/mol. The van der Waals surface area contributed by atoms with Gasteiger partial charge in [0.05, 0.1) is 5.69 Å². The summed E-state index contributed by atoms with van der Waals surface area (Å²) in [6.45, 7) is 5.10. The molecule has 1 N–H and O–H groups in total. The summed E-state index contributed by atoms with van der Waals surface area (Å²) in [6, 6.07) is 9.34. The molecule has 0 spiro atoms. The standard InChI is InChI=1S/C16H21N3/c1-3-17-16-18-12(2)11-19(16)15-9-8-13-6-4-5-7-14(13)10-15/h4-7,11,15H,3,8-10H2,1-2H3,(H,17,18). The van der Waals surface area contributed by atoms with E-state index in [0.717, 1.165) is 24.6 Å². The third-order valence-corrected chi connectivity index (χ3v) is 3.90. The first-order valence-electron chi connectivity index (χ1n) is 7.14. The molecule has 1 atom stereocenters. The van der Waals surface area contributed by atoms with Crippen molar-refractivity contribution >= 4 is 5.95 Å². The Balaban J connectivity index is 1.88. The van der Waals surface area contributed by atoms with E-state index in [9.17, 15) is 0 Å². The van der Waals surface area contributed by atoms with Crippen LogP contribution >= 0.6 is 0 Å². The first kappa shape index (κ1) is 12.3. The van der Waals surface area contributed by atoms with Crippen LogP contribution in [0.1, 0.15) is 36.2 Å². The zero-order chi connectivity index (χ0) is 13.2. The van der Waals surface area contributed by atoms with Crippen LogP contribution in [-0.4, -0.2) is 16.1 Å². The van der Waals surface area contributed by atoms with Crippen LogP contribution in [0.3, 0.4) is 0 Å². The van der Waals surface area contributed by atoms with Crippen LogP contribution in [0.25, 0.3) is 0 Å². The average Bonchev–Trinajstić information content (AvgIpc) is 2.80. The Morgan fingerprint density at radius 3 is 2.89 bits per heavy atom. The number of nitrogens with zero attached hydrogens (tertiary/aromatic N) is 2. The van der Waals surface area contributed by atoms with Crippen molar-refractivity contribution in [1.29, 1.82) is 0 Å². The maximum absolute atomic E-state index is 4.58. The van der Waals surface area contributed by atoms with Gasteiger partial charge in [-0.2, -0.15) is 0 Å². The van der Waals surface area contributed by atoms with E-state index in [0.29, 0.717) is 6.04 Å². The van der Waals surface area contributed by atoms with E-state index in [-0.39, 0.29) is 0 Å². The summed E-state index contributed by atoms with van der Waals surface area (Å²) in [4.78, 5) is 4.58. The van der Waals surface area contributed by atoms with Crippen molar-refractivity contribution in [2.24, 2.45) is 0 Å². The molecule has 19 heavy (non-hydrogen) atoms. The zero-order valence-electron chi connectivity index (χ0n) is 11.7. The Morgan fingerprint density at radius 1 is 1.32 bits per heavy atom. The van der Waals surface area contributed by atoms with Gasteiger partial charge in [-0.25, -0.2) is 4.98 Å². The quantitative estimate of drug-likeness (QED) is 0.911. The minimum Gasteiger partial charge on any atom is -0.356 e. The maximum atomic E-state index is 4.58. The summed E-state index contributed by atoms with van der Waals surface area (Å²) in [5, 5.41) is 3.37.